The molecule has 7 heteroatoms. The number of nitrogens with one attached hydrogen (secondary N) is 1. The van der Waals surface area contributed by atoms with Gasteiger partial charge in [-0.05, 0) is 44.0 Å². The first kappa shape index (κ1) is 14.3. The molecule has 0 amide bonds. The number of hydrogen-bond donors (Lipinski definition) is 2. The molecule has 0 unspecified atom stereocenters. The maximum Gasteiger partial charge on any atom is 0.362 e. The first-order valence-electron chi connectivity index (χ1n) is 6.16. The summed E-state index contributed by atoms with van der Waals surface area (Å²) in [6.45, 7) is 6.03. The smallest absolute Gasteiger partial charge is 0.362 e. The van der Waals surface area contributed by atoms with Crippen LogP contribution in [0.1, 0.15) is 28.5 Å². The van der Waals surface area contributed by atoms with Gasteiger partial charge in [-0.15, -0.1) is 5.10 Å². The summed E-state index contributed by atoms with van der Waals surface area (Å²) in [4.78, 5) is 11.7. The average molecular weight is 292 g/mol. The SMILES string of the molecule is CCOC(=O)c1nnsc1Nc1cc(C)c(C)cc1N. The normalized spacial score (nSPS) is 10.3. The van der Waals surface area contributed by atoms with Crippen LogP contribution in [0.3, 0.4) is 0 Å². The van der Waals surface area contributed by atoms with E-state index in [0.717, 1.165) is 28.3 Å². The van der Waals surface area contributed by atoms with Crippen molar-refractivity contribution in [2.45, 2.75) is 20.8 Å². The molecule has 2 aromatic rings. The van der Waals surface area contributed by atoms with Gasteiger partial charge in [-0.25, -0.2) is 4.79 Å². The number of carbonyl (C=O) groups excluding carboxylic acids is 1. The fourth-order valence-corrected chi connectivity index (χ4v) is 2.25. The maximum atomic E-state index is 11.7. The molecule has 20 heavy (non-hydrogen) atoms. The molecule has 0 saturated heterocycles. The summed E-state index contributed by atoms with van der Waals surface area (Å²) < 4.78 is 8.71. The Morgan fingerprint density at radius 3 is 2.80 bits per heavy atom. The van der Waals surface area contributed by atoms with E-state index in [-0.39, 0.29) is 5.69 Å². The minimum Gasteiger partial charge on any atom is -0.461 e. The van der Waals surface area contributed by atoms with Gasteiger partial charge < -0.3 is 15.8 Å². The number of hydrogen-bond acceptors (Lipinski definition) is 7. The summed E-state index contributed by atoms with van der Waals surface area (Å²) in [6, 6.07) is 3.81. The van der Waals surface area contributed by atoms with Crippen molar-refractivity contribution in [2.24, 2.45) is 0 Å². The topological polar surface area (TPSA) is 90.1 Å². The second kappa shape index (κ2) is 5.87. The van der Waals surface area contributed by atoms with Crippen LogP contribution in [0.15, 0.2) is 12.1 Å². The number of nitrogen functional groups attached to an aromatic ring is 1. The molecular formula is C13H16N4O2S. The zero-order valence-electron chi connectivity index (χ0n) is 11.6. The van der Waals surface area contributed by atoms with Crippen LogP contribution in [0.2, 0.25) is 0 Å². The molecule has 1 aromatic carbocycles. The number of aryl methyl sites for hydroxylation is 2. The number of nitrogens with zero attached hydrogens (tertiary/aromatic N) is 2. The van der Waals surface area contributed by atoms with Gasteiger partial charge in [0.05, 0.1) is 18.0 Å². The lowest BCUT2D eigenvalue weighted by molar-refractivity contribution is 0.0520. The van der Waals surface area contributed by atoms with Gasteiger partial charge in [-0.1, -0.05) is 4.49 Å². The van der Waals surface area contributed by atoms with E-state index in [1.54, 1.807) is 6.92 Å². The minimum atomic E-state index is -0.494. The van der Waals surface area contributed by atoms with E-state index >= 15 is 0 Å². The quantitative estimate of drug-likeness (QED) is 0.665. The summed E-state index contributed by atoms with van der Waals surface area (Å²) >= 11 is 1.09. The summed E-state index contributed by atoms with van der Waals surface area (Å²) in [7, 11) is 0. The standard InChI is InChI=1S/C13H16N4O2S/c1-4-19-13(18)11-12(20-17-16-11)15-10-6-8(3)7(2)5-9(10)14/h5-6,15H,4,14H2,1-3H3. The van der Waals surface area contributed by atoms with Crippen molar-refractivity contribution in [2.75, 3.05) is 17.7 Å². The van der Waals surface area contributed by atoms with Gasteiger partial charge >= 0.3 is 5.97 Å². The number of anilines is 3. The molecule has 2 rings (SSSR count). The molecule has 0 aliphatic heterocycles. The largest absolute Gasteiger partial charge is 0.461 e. The van der Waals surface area contributed by atoms with Crippen molar-refractivity contribution in [1.29, 1.82) is 0 Å². The van der Waals surface area contributed by atoms with Crippen molar-refractivity contribution in [3.05, 3.63) is 29.0 Å². The van der Waals surface area contributed by atoms with Gasteiger partial charge in [0.1, 0.15) is 5.00 Å². The van der Waals surface area contributed by atoms with Crippen LogP contribution in [0.4, 0.5) is 16.4 Å². The van der Waals surface area contributed by atoms with Crippen molar-refractivity contribution >= 4 is 33.9 Å². The Kier molecular flexibility index (Phi) is 4.19. The molecule has 0 fully saturated rings. The lowest BCUT2D eigenvalue weighted by Gasteiger charge is -2.11. The fourth-order valence-electron chi connectivity index (χ4n) is 1.67. The fraction of sp³-hybridized carbons (Fsp3) is 0.308. The Labute approximate surface area is 121 Å². The predicted molar refractivity (Wildman–Crippen MR) is 79.5 cm³/mol. The third-order valence-electron chi connectivity index (χ3n) is 2.87. The Morgan fingerprint density at radius 1 is 1.40 bits per heavy atom. The molecule has 3 N–H and O–H groups in total. The number of ether oxygens (including phenoxy) is 1. The highest BCUT2D eigenvalue weighted by atomic mass is 32.1. The van der Waals surface area contributed by atoms with Crippen molar-refractivity contribution in [1.82, 2.24) is 9.59 Å². The van der Waals surface area contributed by atoms with Gasteiger partial charge in [-0.2, -0.15) is 0 Å². The summed E-state index contributed by atoms with van der Waals surface area (Å²) in [5.74, 6) is -0.494. The lowest BCUT2D eigenvalue weighted by atomic mass is 10.1. The van der Waals surface area contributed by atoms with Crippen molar-refractivity contribution in [3.63, 3.8) is 0 Å². The molecule has 0 spiro atoms. The predicted octanol–water partition coefficient (Wildman–Crippen LogP) is 2.66. The Balaban J connectivity index is 2.29. The van der Waals surface area contributed by atoms with Crippen LogP contribution in [0.5, 0.6) is 0 Å². The van der Waals surface area contributed by atoms with Crippen molar-refractivity contribution < 1.29 is 9.53 Å². The summed E-state index contributed by atoms with van der Waals surface area (Å²) in [5.41, 5.74) is 9.71. The van der Waals surface area contributed by atoms with Crippen LogP contribution in [0, 0.1) is 13.8 Å². The number of carbonyl (C=O) groups is 1. The molecule has 0 radical (unpaired) electrons. The highest BCUT2D eigenvalue weighted by molar-refractivity contribution is 7.10. The molecule has 0 bridgehead atoms. The van der Waals surface area contributed by atoms with E-state index in [1.165, 1.54) is 0 Å². The molecule has 0 aliphatic rings. The van der Waals surface area contributed by atoms with E-state index in [2.05, 4.69) is 14.9 Å². The van der Waals surface area contributed by atoms with Crippen LogP contribution in [0.25, 0.3) is 0 Å². The molecule has 6 nitrogen and oxygen atoms in total. The highest BCUT2D eigenvalue weighted by Gasteiger charge is 2.18. The second-order valence-electron chi connectivity index (χ2n) is 4.32. The zero-order valence-corrected chi connectivity index (χ0v) is 12.4. The van der Waals surface area contributed by atoms with E-state index in [1.807, 2.05) is 26.0 Å². The zero-order chi connectivity index (χ0) is 14.7. The third kappa shape index (κ3) is 2.88. The molecule has 1 heterocycles. The van der Waals surface area contributed by atoms with Gasteiger partial charge in [0.15, 0.2) is 0 Å². The number of rotatable bonds is 4. The average Bonchev–Trinajstić information content (AvgIpc) is 2.84. The number of nitrogens with two attached hydrogens (primary N) is 1. The Morgan fingerprint density at radius 2 is 2.10 bits per heavy atom. The Bertz CT molecular complexity index is 639. The van der Waals surface area contributed by atoms with Gasteiger partial charge in [-0.3, -0.25) is 0 Å². The van der Waals surface area contributed by atoms with E-state index in [4.69, 9.17) is 10.5 Å². The molecule has 0 saturated carbocycles. The molecule has 0 atom stereocenters. The first-order chi connectivity index (χ1) is 9.52. The van der Waals surface area contributed by atoms with Crippen LogP contribution >= 0.6 is 11.5 Å². The van der Waals surface area contributed by atoms with Crippen LogP contribution < -0.4 is 11.1 Å². The number of benzene rings is 1. The molecule has 106 valence electrons. The van der Waals surface area contributed by atoms with Gasteiger partial charge in [0.25, 0.3) is 0 Å². The minimum absolute atomic E-state index is 0.175. The third-order valence-corrected chi connectivity index (χ3v) is 3.51. The van der Waals surface area contributed by atoms with Crippen LogP contribution in [-0.2, 0) is 4.74 Å². The molecule has 0 aliphatic carbocycles. The second-order valence-corrected chi connectivity index (χ2v) is 5.07. The van der Waals surface area contributed by atoms with E-state index < -0.39 is 5.97 Å². The van der Waals surface area contributed by atoms with Crippen LogP contribution in [-0.4, -0.2) is 22.2 Å². The molecular weight excluding hydrogens is 276 g/mol. The summed E-state index contributed by atoms with van der Waals surface area (Å²) in [5, 5.41) is 7.41. The first-order valence-corrected chi connectivity index (χ1v) is 6.93. The number of esters is 1. The Hall–Kier alpha value is -2.15. The molecule has 1 aromatic heterocycles. The monoisotopic (exact) mass is 292 g/mol. The number of aromatic nitrogens is 2. The van der Waals surface area contributed by atoms with E-state index in [9.17, 15) is 4.79 Å². The van der Waals surface area contributed by atoms with E-state index in [0.29, 0.717) is 17.3 Å². The lowest BCUT2D eigenvalue weighted by Crippen LogP contribution is -2.08. The van der Waals surface area contributed by atoms with Crippen molar-refractivity contribution in [3.8, 4) is 0 Å². The highest BCUT2D eigenvalue weighted by Crippen LogP contribution is 2.29. The maximum absolute atomic E-state index is 11.7. The van der Waals surface area contributed by atoms with Gasteiger partial charge in [0, 0.05) is 11.5 Å². The summed E-state index contributed by atoms with van der Waals surface area (Å²) in [6.07, 6.45) is 0. The van der Waals surface area contributed by atoms with Gasteiger partial charge in [0.2, 0.25) is 5.69 Å².